The smallest absolute Gasteiger partial charge is 0.314 e. The van der Waals surface area contributed by atoms with Crippen LogP contribution in [-0.2, 0) is 0 Å². The van der Waals surface area contributed by atoms with Crippen molar-refractivity contribution in [1.29, 1.82) is 0 Å². The van der Waals surface area contributed by atoms with Crippen LogP contribution in [0.4, 0.5) is 4.79 Å². The summed E-state index contributed by atoms with van der Waals surface area (Å²) in [4.78, 5) is 27.4. The van der Waals surface area contributed by atoms with E-state index in [2.05, 4.69) is 10.3 Å². The van der Waals surface area contributed by atoms with Crippen LogP contribution in [0.5, 0.6) is 0 Å². The molecule has 1 saturated heterocycles. The summed E-state index contributed by atoms with van der Waals surface area (Å²) in [6, 6.07) is 6.99. The zero-order chi connectivity index (χ0) is 13.4. The van der Waals surface area contributed by atoms with Gasteiger partial charge in [-0.05, 0) is 23.6 Å². The van der Waals surface area contributed by atoms with E-state index in [0.29, 0.717) is 18.7 Å². The monoisotopic (exact) mass is 258 g/mol. The lowest BCUT2D eigenvalue weighted by Crippen LogP contribution is -2.62. The topological polar surface area (TPSA) is 91.2 Å². The van der Waals surface area contributed by atoms with Gasteiger partial charge in [0.15, 0.2) is 0 Å². The van der Waals surface area contributed by atoms with Gasteiger partial charge in [-0.25, -0.2) is 4.79 Å². The summed E-state index contributed by atoms with van der Waals surface area (Å²) < 4.78 is 0. The molecule has 4 N–H and O–H groups in total. The van der Waals surface area contributed by atoms with E-state index < -0.39 is 6.03 Å². The SMILES string of the molecule is NC(=O)N1CC(NC(=O)c2ccc3cc[nH]c3c2)C1. The number of likely N-dealkylation sites (tertiary alicyclic amines) is 1. The number of hydrogen-bond donors (Lipinski definition) is 3. The summed E-state index contributed by atoms with van der Waals surface area (Å²) in [5, 5.41) is 3.94. The third kappa shape index (κ3) is 2.12. The first-order chi connectivity index (χ1) is 9.13. The number of aromatic nitrogens is 1. The highest BCUT2D eigenvalue weighted by Crippen LogP contribution is 2.15. The second-order valence-electron chi connectivity index (χ2n) is 4.69. The first kappa shape index (κ1) is 11.6. The van der Waals surface area contributed by atoms with Crippen LogP contribution in [0.15, 0.2) is 30.5 Å². The maximum Gasteiger partial charge on any atom is 0.314 e. The quantitative estimate of drug-likeness (QED) is 0.738. The Morgan fingerprint density at radius 3 is 2.84 bits per heavy atom. The molecule has 1 aromatic carbocycles. The average Bonchev–Trinajstić information content (AvgIpc) is 2.79. The van der Waals surface area contributed by atoms with Gasteiger partial charge in [0.25, 0.3) is 5.91 Å². The zero-order valence-corrected chi connectivity index (χ0v) is 10.2. The fourth-order valence-electron chi connectivity index (χ4n) is 2.21. The van der Waals surface area contributed by atoms with Crippen molar-refractivity contribution < 1.29 is 9.59 Å². The van der Waals surface area contributed by atoms with Crippen molar-refractivity contribution in [1.82, 2.24) is 15.2 Å². The first-order valence-electron chi connectivity index (χ1n) is 6.06. The minimum absolute atomic E-state index is 0.0145. The Kier molecular flexibility index (Phi) is 2.63. The molecule has 0 radical (unpaired) electrons. The van der Waals surface area contributed by atoms with E-state index in [9.17, 15) is 9.59 Å². The molecule has 2 aromatic rings. The van der Waals surface area contributed by atoms with Gasteiger partial charge in [0.1, 0.15) is 0 Å². The molecular weight excluding hydrogens is 244 g/mol. The van der Waals surface area contributed by atoms with Crippen LogP contribution in [0, 0.1) is 0 Å². The van der Waals surface area contributed by atoms with Crippen molar-refractivity contribution in [2.75, 3.05) is 13.1 Å². The summed E-state index contributed by atoms with van der Waals surface area (Å²) in [5.41, 5.74) is 6.66. The summed E-state index contributed by atoms with van der Waals surface area (Å²) in [5.74, 6) is -0.134. The van der Waals surface area contributed by atoms with Crippen molar-refractivity contribution >= 4 is 22.8 Å². The number of primary amides is 1. The number of aromatic amines is 1. The lowest BCUT2D eigenvalue weighted by Gasteiger charge is -2.38. The number of carbonyl (C=O) groups excluding carboxylic acids is 2. The molecule has 1 aliphatic heterocycles. The molecule has 0 aliphatic carbocycles. The van der Waals surface area contributed by atoms with Crippen molar-refractivity contribution in [3.8, 4) is 0 Å². The Morgan fingerprint density at radius 1 is 1.32 bits per heavy atom. The number of nitrogens with zero attached hydrogens (tertiary/aromatic N) is 1. The molecule has 0 saturated carbocycles. The van der Waals surface area contributed by atoms with Crippen molar-refractivity contribution in [3.05, 3.63) is 36.0 Å². The molecule has 6 heteroatoms. The minimum Gasteiger partial charge on any atom is -0.361 e. The molecule has 2 heterocycles. The summed E-state index contributed by atoms with van der Waals surface area (Å²) >= 11 is 0. The number of rotatable bonds is 2. The molecule has 0 bridgehead atoms. The number of nitrogens with two attached hydrogens (primary N) is 1. The van der Waals surface area contributed by atoms with E-state index in [1.807, 2.05) is 24.4 Å². The molecule has 1 aliphatic rings. The number of fused-ring (bicyclic) bond motifs is 1. The second-order valence-corrected chi connectivity index (χ2v) is 4.69. The average molecular weight is 258 g/mol. The fourth-order valence-corrected chi connectivity index (χ4v) is 2.21. The van der Waals surface area contributed by atoms with Crippen LogP contribution in [0.1, 0.15) is 10.4 Å². The third-order valence-electron chi connectivity index (χ3n) is 3.35. The molecule has 0 atom stereocenters. The van der Waals surface area contributed by atoms with Gasteiger partial charge in [0.05, 0.1) is 6.04 Å². The molecule has 98 valence electrons. The molecule has 0 spiro atoms. The summed E-state index contributed by atoms with van der Waals surface area (Å²) in [6.07, 6.45) is 1.84. The van der Waals surface area contributed by atoms with Gasteiger partial charge in [-0.1, -0.05) is 6.07 Å². The number of carbonyl (C=O) groups is 2. The van der Waals surface area contributed by atoms with Crippen LogP contribution in [0.25, 0.3) is 10.9 Å². The molecule has 6 nitrogen and oxygen atoms in total. The molecule has 19 heavy (non-hydrogen) atoms. The standard InChI is InChI=1S/C13H14N4O2/c14-13(19)17-6-10(7-17)16-12(18)9-2-1-8-3-4-15-11(8)5-9/h1-5,10,15H,6-7H2,(H2,14,19)(H,16,18). The third-order valence-corrected chi connectivity index (χ3v) is 3.35. The fraction of sp³-hybridized carbons (Fsp3) is 0.231. The van der Waals surface area contributed by atoms with Gasteiger partial charge in [-0.2, -0.15) is 0 Å². The van der Waals surface area contributed by atoms with Crippen molar-refractivity contribution in [2.24, 2.45) is 5.73 Å². The van der Waals surface area contributed by atoms with Gasteiger partial charge in [0.2, 0.25) is 0 Å². The lowest BCUT2D eigenvalue weighted by molar-refractivity contribution is 0.0861. The van der Waals surface area contributed by atoms with Gasteiger partial charge in [-0.3, -0.25) is 4.79 Å². The maximum atomic E-state index is 12.0. The predicted molar refractivity (Wildman–Crippen MR) is 70.7 cm³/mol. The number of urea groups is 1. The number of benzene rings is 1. The lowest BCUT2D eigenvalue weighted by atomic mass is 10.1. The normalized spacial score (nSPS) is 15.3. The van der Waals surface area contributed by atoms with E-state index in [1.54, 1.807) is 6.07 Å². The highest BCUT2D eigenvalue weighted by molar-refractivity contribution is 5.98. The Bertz CT molecular complexity index is 643. The highest BCUT2D eigenvalue weighted by atomic mass is 16.2. The van der Waals surface area contributed by atoms with E-state index in [-0.39, 0.29) is 11.9 Å². The van der Waals surface area contributed by atoms with E-state index in [1.165, 1.54) is 4.90 Å². The van der Waals surface area contributed by atoms with Gasteiger partial charge >= 0.3 is 6.03 Å². The largest absolute Gasteiger partial charge is 0.361 e. The van der Waals surface area contributed by atoms with Crippen LogP contribution in [-0.4, -0.2) is 41.0 Å². The number of nitrogens with one attached hydrogen (secondary N) is 2. The van der Waals surface area contributed by atoms with E-state index in [0.717, 1.165) is 10.9 Å². The zero-order valence-electron chi connectivity index (χ0n) is 10.2. The van der Waals surface area contributed by atoms with E-state index >= 15 is 0 Å². The number of hydrogen-bond acceptors (Lipinski definition) is 2. The molecule has 3 rings (SSSR count). The Balaban J connectivity index is 1.66. The first-order valence-corrected chi connectivity index (χ1v) is 6.06. The molecule has 1 fully saturated rings. The molecule has 1 aromatic heterocycles. The van der Waals surface area contributed by atoms with Gasteiger partial charge in [-0.15, -0.1) is 0 Å². The van der Waals surface area contributed by atoms with Gasteiger partial charge < -0.3 is 20.9 Å². The Labute approximate surface area is 109 Å². The predicted octanol–water partition coefficient (Wildman–Crippen LogP) is 0.661. The Hall–Kier alpha value is -2.50. The van der Waals surface area contributed by atoms with Gasteiger partial charge in [0, 0.05) is 30.4 Å². The summed E-state index contributed by atoms with van der Waals surface area (Å²) in [6.45, 7) is 0.956. The molecular formula is C13H14N4O2. The van der Waals surface area contributed by atoms with E-state index in [4.69, 9.17) is 5.73 Å². The molecule has 0 unspecified atom stereocenters. The van der Waals surface area contributed by atoms with Crippen LogP contribution in [0.2, 0.25) is 0 Å². The maximum absolute atomic E-state index is 12.0. The second kappa shape index (κ2) is 4.31. The van der Waals surface area contributed by atoms with Crippen molar-refractivity contribution in [2.45, 2.75) is 6.04 Å². The number of amides is 3. The highest BCUT2D eigenvalue weighted by Gasteiger charge is 2.30. The minimum atomic E-state index is -0.446. The number of H-pyrrole nitrogens is 1. The van der Waals surface area contributed by atoms with Crippen LogP contribution in [0.3, 0.4) is 0 Å². The molecule has 3 amide bonds. The van der Waals surface area contributed by atoms with Crippen LogP contribution >= 0.6 is 0 Å². The Morgan fingerprint density at radius 2 is 2.11 bits per heavy atom. The van der Waals surface area contributed by atoms with Crippen molar-refractivity contribution in [3.63, 3.8) is 0 Å². The summed E-state index contributed by atoms with van der Waals surface area (Å²) in [7, 11) is 0. The van der Waals surface area contributed by atoms with Crippen LogP contribution < -0.4 is 11.1 Å².